The molecule has 0 aliphatic carbocycles. The number of hydrogen-bond acceptors (Lipinski definition) is 7. The molecule has 1 aliphatic rings. The Hall–Kier alpha value is -4.50. The number of pyridine rings is 1. The van der Waals surface area contributed by atoms with Gasteiger partial charge in [0.2, 0.25) is 5.89 Å². The zero-order chi connectivity index (χ0) is 33.0. The van der Waals surface area contributed by atoms with Crippen molar-refractivity contribution >= 4 is 17.5 Å². The highest BCUT2D eigenvalue weighted by Crippen LogP contribution is 2.33. The summed E-state index contributed by atoms with van der Waals surface area (Å²) >= 11 is 0. The van der Waals surface area contributed by atoms with Gasteiger partial charge in [-0.3, -0.25) is 14.6 Å². The number of aromatic nitrogens is 2. The minimum absolute atomic E-state index is 0.0648. The number of rotatable bonds is 10. The molecule has 46 heavy (non-hydrogen) atoms. The van der Waals surface area contributed by atoms with Crippen molar-refractivity contribution in [3.05, 3.63) is 113 Å². The zero-order valence-electron chi connectivity index (χ0n) is 27.7. The van der Waals surface area contributed by atoms with Crippen molar-refractivity contribution in [2.75, 3.05) is 25.0 Å². The Labute approximate surface area is 271 Å². The van der Waals surface area contributed by atoms with Crippen molar-refractivity contribution in [3.63, 3.8) is 0 Å². The number of carbonyl (C=O) groups excluding carboxylic acids is 2. The highest BCUT2D eigenvalue weighted by atomic mass is 16.3. The van der Waals surface area contributed by atoms with Crippen LogP contribution in [0.25, 0.3) is 0 Å². The summed E-state index contributed by atoms with van der Waals surface area (Å²) in [4.78, 5) is 40.2. The van der Waals surface area contributed by atoms with Crippen LogP contribution in [0.5, 0.6) is 0 Å². The van der Waals surface area contributed by atoms with Crippen LogP contribution in [-0.2, 0) is 11.8 Å². The zero-order valence-corrected chi connectivity index (χ0v) is 27.7. The fraction of sp³-hybridized carbons (Fsp3) is 0.405. The molecule has 0 saturated carbocycles. The second kappa shape index (κ2) is 13.9. The van der Waals surface area contributed by atoms with E-state index < -0.39 is 12.1 Å². The summed E-state index contributed by atoms with van der Waals surface area (Å²) in [5.74, 6) is 0.0281. The van der Waals surface area contributed by atoms with Gasteiger partial charge in [0.1, 0.15) is 12.3 Å². The lowest BCUT2D eigenvalue weighted by Crippen LogP contribution is -2.49. The topological polar surface area (TPSA) is 112 Å². The molecule has 2 N–H and O–H groups in total. The van der Waals surface area contributed by atoms with Crippen molar-refractivity contribution in [1.82, 2.24) is 20.2 Å². The summed E-state index contributed by atoms with van der Waals surface area (Å²) in [6.07, 6.45) is 6.41. The molecule has 4 aromatic rings. The molecule has 242 valence electrons. The van der Waals surface area contributed by atoms with Gasteiger partial charge in [-0.05, 0) is 79.5 Å². The van der Waals surface area contributed by atoms with Crippen molar-refractivity contribution < 1.29 is 19.1 Å². The molecule has 0 unspecified atom stereocenters. The largest absolute Gasteiger partial charge is 0.446 e. The van der Waals surface area contributed by atoms with E-state index in [1.165, 1.54) is 0 Å². The smallest absolute Gasteiger partial charge is 0.254 e. The Morgan fingerprint density at radius 3 is 2.52 bits per heavy atom. The maximum absolute atomic E-state index is 13.8. The number of nitrogens with one attached hydrogen (secondary N) is 1. The maximum atomic E-state index is 13.8. The fourth-order valence-electron chi connectivity index (χ4n) is 5.96. The molecule has 1 aliphatic heterocycles. The van der Waals surface area contributed by atoms with Gasteiger partial charge in [-0.25, -0.2) is 4.98 Å². The van der Waals surface area contributed by atoms with Gasteiger partial charge in [0.05, 0.1) is 29.7 Å². The lowest BCUT2D eigenvalue weighted by molar-refractivity contribution is 0.0715. The monoisotopic (exact) mass is 623 g/mol. The van der Waals surface area contributed by atoms with E-state index in [0.29, 0.717) is 30.0 Å². The lowest BCUT2D eigenvalue weighted by atomic mass is 9.88. The Bertz CT molecular complexity index is 1660. The predicted molar refractivity (Wildman–Crippen MR) is 179 cm³/mol. The molecule has 1 saturated heterocycles. The number of likely N-dealkylation sites (tertiary alicyclic amines) is 1. The molecule has 0 radical (unpaired) electrons. The van der Waals surface area contributed by atoms with Crippen LogP contribution in [0.2, 0.25) is 0 Å². The number of amides is 2. The average Bonchev–Trinajstić information content (AvgIpc) is 3.69. The molecule has 2 aromatic carbocycles. The number of anilines is 1. The molecule has 0 spiro atoms. The summed E-state index contributed by atoms with van der Waals surface area (Å²) in [7, 11) is 1.91. The van der Waals surface area contributed by atoms with Gasteiger partial charge in [0.25, 0.3) is 11.8 Å². The minimum atomic E-state index is -0.895. The van der Waals surface area contributed by atoms with E-state index in [9.17, 15) is 14.7 Å². The van der Waals surface area contributed by atoms with Crippen molar-refractivity contribution in [1.29, 1.82) is 0 Å². The number of benzene rings is 2. The summed E-state index contributed by atoms with van der Waals surface area (Å²) in [6, 6.07) is 16.3. The van der Waals surface area contributed by atoms with Crippen LogP contribution in [0.15, 0.2) is 77.7 Å². The molecule has 3 atom stereocenters. The molecule has 5 rings (SSSR count). The number of carbonyl (C=O) groups is 2. The SMILES string of the molecule is Cc1cc(C(=O)N[C@@H](Cc2ccccc2)[C@H](O)CN(C)c2cncc(C(C)(C)C)c2)cc(C(=O)N2CCC[C@@H]2c2nc(C)co2)c1. The fourth-order valence-corrected chi connectivity index (χ4v) is 5.96. The highest BCUT2D eigenvalue weighted by Gasteiger charge is 2.34. The second-order valence-electron chi connectivity index (χ2n) is 13.5. The molecular formula is C37H45N5O4. The molecular weight excluding hydrogens is 578 g/mol. The van der Waals surface area contributed by atoms with Crippen molar-refractivity contribution in [2.24, 2.45) is 0 Å². The maximum Gasteiger partial charge on any atom is 0.254 e. The third kappa shape index (κ3) is 7.83. The summed E-state index contributed by atoms with van der Waals surface area (Å²) < 4.78 is 5.64. The van der Waals surface area contributed by atoms with E-state index in [1.54, 1.807) is 35.6 Å². The predicted octanol–water partition coefficient (Wildman–Crippen LogP) is 5.80. The van der Waals surface area contributed by atoms with Crippen LogP contribution in [0.1, 0.15) is 88.6 Å². The Morgan fingerprint density at radius 1 is 1.09 bits per heavy atom. The van der Waals surface area contributed by atoms with Crippen molar-refractivity contribution in [2.45, 2.75) is 77.5 Å². The first kappa shape index (κ1) is 32.9. The van der Waals surface area contributed by atoms with Crippen LogP contribution >= 0.6 is 0 Å². The third-order valence-electron chi connectivity index (χ3n) is 8.59. The first-order chi connectivity index (χ1) is 21.9. The van der Waals surface area contributed by atoms with Crippen molar-refractivity contribution in [3.8, 4) is 0 Å². The van der Waals surface area contributed by atoms with Gasteiger partial charge in [-0.2, -0.15) is 0 Å². The van der Waals surface area contributed by atoms with Gasteiger partial charge in [-0.15, -0.1) is 0 Å². The molecule has 9 nitrogen and oxygen atoms in total. The molecule has 2 amide bonds. The molecule has 1 fully saturated rings. The van der Waals surface area contributed by atoms with E-state index in [1.807, 2.05) is 62.3 Å². The summed E-state index contributed by atoms with van der Waals surface area (Å²) in [5, 5.41) is 14.6. The minimum Gasteiger partial charge on any atom is -0.446 e. The number of aliphatic hydroxyl groups excluding tert-OH is 1. The molecule has 2 aromatic heterocycles. The van der Waals surface area contributed by atoms with E-state index >= 15 is 0 Å². The van der Waals surface area contributed by atoms with Crippen LogP contribution in [0.4, 0.5) is 5.69 Å². The number of oxazole rings is 1. The summed E-state index contributed by atoms with van der Waals surface area (Å²) in [5.41, 5.74) is 5.29. The summed E-state index contributed by atoms with van der Waals surface area (Å²) in [6.45, 7) is 11.0. The average molecular weight is 624 g/mol. The quantitative estimate of drug-likeness (QED) is 0.230. The molecule has 9 heteroatoms. The third-order valence-corrected chi connectivity index (χ3v) is 8.59. The number of likely N-dealkylation sites (N-methyl/N-ethyl adjacent to an activating group) is 1. The number of hydrogen-bond donors (Lipinski definition) is 2. The highest BCUT2D eigenvalue weighted by molar-refractivity contribution is 6.00. The van der Waals surface area contributed by atoms with Gasteiger partial charge in [0, 0.05) is 37.5 Å². The Morgan fingerprint density at radius 2 is 1.83 bits per heavy atom. The van der Waals surface area contributed by atoms with E-state index in [4.69, 9.17) is 4.42 Å². The van der Waals surface area contributed by atoms with Gasteiger partial charge >= 0.3 is 0 Å². The van der Waals surface area contributed by atoms with Crippen LogP contribution < -0.4 is 10.2 Å². The molecule has 3 heterocycles. The normalized spacial score (nSPS) is 16.2. The Kier molecular flexibility index (Phi) is 9.91. The van der Waals surface area contributed by atoms with E-state index in [2.05, 4.69) is 42.1 Å². The number of aryl methyl sites for hydroxylation is 2. The van der Waals surface area contributed by atoms with Gasteiger partial charge in [0.15, 0.2) is 0 Å². The van der Waals surface area contributed by atoms with Gasteiger partial charge in [-0.1, -0.05) is 51.1 Å². The molecule has 0 bridgehead atoms. The van der Waals surface area contributed by atoms with E-state index in [-0.39, 0.29) is 29.8 Å². The Balaban J connectivity index is 1.35. The van der Waals surface area contributed by atoms with Crippen LogP contribution in [-0.4, -0.2) is 64.1 Å². The standard InChI is InChI=1S/C37H45N5O4/c1-24-15-27(18-28(16-24)36(45)42-14-10-13-32(42)35-39-25(2)23-46-35)34(44)40-31(17-26-11-8-7-9-12-26)33(43)22-41(6)30-19-29(20-38-21-30)37(3,4)5/h7-9,11-12,15-16,18-21,23,31-33,43H,10,13-14,17,22H2,1-6H3,(H,40,44)/t31-,32+,33+/m0/s1. The van der Waals surface area contributed by atoms with Crippen LogP contribution in [0, 0.1) is 13.8 Å². The number of nitrogens with zero attached hydrogens (tertiary/aromatic N) is 4. The first-order valence-corrected chi connectivity index (χ1v) is 15.9. The first-order valence-electron chi connectivity index (χ1n) is 15.9. The van der Waals surface area contributed by atoms with Gasteiger partial charge < -0.3 is 24.6 Å². The number of aliphatic hydroxyl groups is 1. The van der Waals surface area contributed by atoms with Crippen LogP contribution in [0.3, 0.4) is 0 Å². The second-order valence-corrected chi connectivity index (χ2v) is 13.5. The van der Waals surface area contributed by atoms with E-state index in [0.717, 1.165) is 40.9 Å². The lowest BCUT2D eigenvalue weighted by Gasteiger charge is -2.30.